The molecule has 0 radical (unpaired) electrons. The van der Waals surface area contributed by atoms with Gasteiger partial charge in [0.1, 0.15) is 0 Å². The third-order valence-electron chi connectivity index (χ3n) is 8.14. The van der Waals surface area contributed by atoms with Gasteiger partial charge in [-0.2, -0.15) is 13.2 Å². The highest BCUT2D eigenvalue weighted by Crippen LogP contribution is 2.55. The van der Waals surface area contributed by atoms with Crippen molar-refractivity contribution in [3.63, 3.8) is 0 Å². The Morgan fingerprint density at radius 2 is 1.81 bits per heavy atom. The van der Waals surface area contributed by atoms with Gasteiger partial charge in [-0.1, -0.05) is 48.5 Å². The van der Waals surface area contributed by atoms with Crippen molar-refractivity contribution in [1.29, 1.82) is 0 Å². The van der Waals surface area contributed by atoms with E-state index in [0.29, 0.717) is 22.9 Å². The monoisotopic (exact) mass is 609 g/mol. The Morgan fingerprint density at radius 1 is 1.14 bits per heavy atom. The first-order valence-electron chi connectivity index (χ1n) is 14.0. The largest absolute Gasteiger partial charge is 0.426 e. The molecule has 2 aliphatic heterocycles. The summed E-state index contributed by atoms with van der Waals surface area (Å²) in [7, 11) is 3.34. The summed E-state index contributed by atoms with van der Waals surface area (Å²) in [5.74, 6) is -0.955. The van der Waals surface area contributed by atoms with Crippen LogP contribution in [0.5, 0.6) is 0 Å². The van der Waals surface area contributed by atoms with Crippen LogP contribution >= 0.6 is 11.6 Å². The number of hydrogen-bond donors (Lipinski definition) is 1. The highest BCUT2D eigenvalue weighted by molar-refractivity contribution is 6.34. The van der Waals surface area contributed by atoms with Crippen LogP contribution < -0.4 is 10.2 Å². The number of carbonyl (C=O) groups is 2. The first kappa shape index (κ1) is 31.8. The molecule has 4 rings (SSSR count). The molecule has 2 aromatic rings. The molecule has 0 aromatic heterocycles. The van der Waals surface area contributed by atoms with E-state index in [1.54, 1.807) is 32.3 Å². The van der Waals surface area contributed by atoms with Gasteiger partial charge in [0, 0.05) is 45.8 Å². The molecule has 0 bridgehead atoms. The van der Waals surface area contributed by atoms with Crippen molar-refractivity contribution < 1.29 is 31.9 Å². The molecule has 2 aromatic carbocycles. The Morgan fingerprint density at radius 3 is 2.40 bits per heavy atom. The predicted octanol–water partition coefficient (Wildman–Crippen LogP) is 6.30. The summed E-state index contributed by atoms with van der Waals surface area (Å²) in [6.45, 7) is 4.77. The Bertz CT molecular complexity index is 1300. The summed E-state index contributed by atoms with van der Waals surface area (Å²) in [6.07, 6.45) is -3.40. The van der Waals surface area contributed by atoms with E-state index in [1.165, 1.54) is 29.2 Å². The minimum atomic E-state index is -5.37. The molecule has 228 valence electrons. The van der Waals surface area contributed by atoms with Crippen molar-refractivity contribution in [3.8, 4) is 0 Å². The fourth-order valence-electron chi connectivity index (χ4n) is 5.82. The van der Waals surface area contributed by atoms with E-state index in [4.69, 9.17) is 16.3 Å². The number of hydrogen-bond acceptors (Lipinski definition) is 4. The molecular formula is C31H36ClF4N3O3. The quantitative estimate of drug-likeness (QED) is 0.217. The molecule has 2 saturated heterocycles. The van der Waals surface area contributed by atoms with E-state index >= 15 is 4.39 Å². The zero-order valence-electron chi connectivity index (χ0n) is 23.8. The number of ether oxygens (including phenoxy) is 1. The Kier molecular flexibility index (Phi) is 9.57. The number of anilines is 1. The molecular weight excluding hydrogens is 574 g/mol. The second-order valence-electron chi connectivity index (χ2n) is 11.3. The van der Waals surface area contributed by atoms with Crippen molar-refractivity contribution in [2.75, 3.05) is 45.2 Å². The third kappa shape index (κ3) is 6.15. The van der Waals surface area contributed by atoms with Gasteiger partial charge in [0.2, 0.25) is 5.60 Å². The number of alkyl halides is 4. The summed E-state index contributed by atoms with van der Waals surface area (Å²) in [5.41, 5.74) is -5.74. The molecule has 0 saturated carbocycles. The summed E-state index contributed by atoms with van der Waals surface area (Å²) >= 11 is 6.37. The molecule has 11 heteroatoms. The van der Waals surface area contributed by atoms with Gasteiger partial charge >= 0.3 is 6.18 Å². The van der Waals surface area contributed by atoms with Gasteiger partial charge in [-0.05, 0) is 60.9 Å². The van der Waals surface area contributed by atoms with Gasteiger partial charge in [0.15, 0.2) is 0 Å². The maximum Gasteiger partial charge on any atom is 0.426 e. The summed E-state index contributed by atoms with van der Waals surface area (Å²) in [4.78, 5) is 29.3. The first-order valence-corrected chi connectivity index (χ1v) is 14.3. The summed E-state index contributed by atoms with van der Waals surface area (Å²) in [6, 6.07) is 12.4. The van der Waals surface area contributed by atoms with Crippen LogP contribution in [0.25, 0.3) is 0 Å². The van der Waals surface area contributed by atoms with Gasteiger partial charge in [0.25, 0.3) is 17.5 Å². The standard InChI is InChI=1S/C31H36ClF4N3O3/c1-21-19-29(33,31(34,35)36)30(42-20-21,23-9-5-4-6-10-23)28(41)37-15-7-8-22-13-16-39(17-14-22)24-11-12-25(26(32)18-24)27(40)38(2)3/h4-6,9-12,18,22H,1,7-8,13-17,19-20H2,2-3H3,(H,37,41). The number of halogens is 5. The third-order valence-corrected chi connectivity index (χ3v) is 8.45. The van der Waals surface area contributed by atoms with Crippen LogP contribution in [0.15, 0.2) is 60.7 Å². The fraction of sp³-hybridized carbons (Fsp3) is 0.484. The molecule has 42 heavy (non-hydrogen) atoms. The van der Waals surface area contributed by atoms with Crippen LogP contribution in [0.1, 0.15) is 48.0 Å². The lowest BCUT2D eigenvalue weighted by molar-refractivity contribution is -0.303. The molecule has 6 nitrogen and oxygen atoms in total. The normalized spacial score (nSPS) is 23.5. The summed E-state index contributed by atoms with van der Waals surface area (Å²) < 4.78 is 64.2. The van der Waals surface area contributed by atoms with Gasteiger partial charge in [-0.25, -0.2) is 4.39 Å². The van der Waals surface area contributed by atoms with Crippen LogP contribution in [0.2, 0.25) is 5.02 Å². The topological polar surface area (TPSA) is 61.9 Å². The SMILES string of the molecule is C=C1COC(C(=O)NCCCC2CCN(c3ccc(C(=O)N(C)C)c(Cl)c3)CC2)(c2ccccc2)C(F)(C(F)(F)F)C1. The highest BCUT2D eigenvalue weighted by Gasteiger charge is 2.74. The van der Waals surface area contributed by atoms with Gasteiger partial charge < -0.3 is 19.9 Å². The number of carbonyl (C=O) groups excluding carboxylic acids is 2. The fourth-order valence-corrected chi connectivity index (χ4v) is 6.07. The lowest BCUT2D eigenvalue weighted by Gasteiger charge is -2.48. The van der Waals surface area contributed by atoms with E-state index in [2.05, 4.69) is 16.8 Å². The molecule has 2 fully saturated rings. The van der Waals surface area contributed by atoms with E-state index in [-0.39, 0.29) is 30.2 Å². The van der Waals surface area contributed by atoms with Crippen molar-refractivity contribution in [1.82, 2.24) is 10.2 Å². The molecule has 0 spiro atoms. The second kappa shape index (κ2) is 12.6. The van der Waals surface area contributed by atoms with Crippen LogP contribution in [0.3, 0.4) is 0 Å². The van der Waals surface area contributed by atoms with Crippen LogP contribution in [0.4, 0.5) is 23.2 Å². The van der Waals surface area contributed by atoms with Crippen LogP contribution in [-0.4, -0.2) is 68.9 Å². The average Bonchev–Trinajstić information content (AvgIpc) is 2.95. The van der Waals surface area contributed by atoms with Gasteiger partial charge in [-0.15, -0.1) is 0 Å². The first-order chi connectivity index (χ1) is 19.8. The molecule has 1 N–H and O–H groups in total. The van der Waals surface area contributed by atoms with Crippen LogP contribution in [-0.2, 0) is 15.1 Å². The van der Waals surface area contributed by atoms with Gasteiger partial charge in [0.05, 0.1) is 17.2 Å². The van der Waals surface area contributed by atoms with Crippen molar-refractivity contribution in [2.45, 2.75) is 49.6 Å². The number of nitrogens with one attached hydrogen (secondary N) is 1. The lowest BCUT2D eigenvalue weighted by Crippen LogP contribution is -2.67. The predicted molar refractivity (Wildman–Crippen MR) is 154 cm³/mol. The Labute approximate surface area is 248 Å². The molecule has 2 heterocycles. The molecule has 2 atom stereocenters. The minimum absolute atomic E-state index is 0.0687. The molecule has 2 aliphatic rings. The minimum Gasteiger partial charge on any atom is -0.371 e. The Balaban J connectivity index is 1.35. The zero-order chi connectivity index (χ0) is 30.7. The lowest BCUT2D eigenvalue weighted by atomic mass is 9.72. The average molecular weight is 610 g/mol. The van der Waals surface area contributed by atoms with E-state index in [9.17, 15) is 22.8 Å². The number of nitrogens with zero attached hydrogens (tertiary/aromatic N) is 2. The maximum atomic E-state index is 16.1. The molecule has 2 amide bonds. The van der Waals surface area contributed by atoms with E-state index in [1.807, 2.05) is 6.07 Å². The molecule has 0 aliphatic carbocycles. The van der Waals surface area contributed by atoms with Crippen molar-refractivity contribution >= 4 is 29.1 Å². The number of amides is 2. The molecule has 2 unspecified atom stereocenters. The van der Waals surface area contributed by atoms with E-state index in [0.717, 1.165) is 38.0 Å². The van der Waals surface area contributed by atoms with Crippen molar-refractivity contribution in [2.24, 2.45) is 5.92 Å². The Hall–Kier alpha value is -3.11. The maximum absolute atomic E-state index is 16.1. The summed E-state index contributed by atoms with van der Waals surface area (Å²) in [5, 5.41) is 2.94. The van der Waals surface area contributed by atoms with Crippen LogP contribution in [0, 0.1) is 5.92 Å². The van der Waals surface area contributed by atoms with E-state index < -0.39 is 29.8 Å². The van der Waals surface area contributed by atoms with Gasteiger partial charge in [-0.3, -0.25) is 9.59 Å². The van der Waals surface area contributed by atoms with Crippen molar-refractivity contribution in [3.05, 3.63) is 76.8 Å². The number of benzene rings is 2. The smallest absolute Gasteiger partial charge is 0.371 e. The zero-order valence-corrected chi connectivity index (χ0v) is 24.5. The highest BCUT2D eigenvalue weighted by atomic mass is 35.5. The second-order valence-corrected chi connectivity index (χ2v) is 11.7. The number of rotatable bonds is 8. The number of piperidine rings is 1.